The summed E-state index contributed by atoms with van der Waals surface area (Å²) in [5.41, 5.74) is 4.42. The Morgan fingerprint density at radius 3 is 2.71 bits per heavy atom. The molecule has 0 unspecified atom stereocenters. The first-order valence-electron chi connectivity index (χ1n) is 9.14. The minimum absolute atomic E-state index is 0.201. The van der Waals surface area contributed by atoms with Crippen molar-refractivity contribution in [3.8, 4) is 0 Å². The number of aromatic nitrogens is 3. The van der Waals surface area contributed by atoms with Crippen LogP contribution >= 0.6 is 0 Å². The Morgan fingerprint density at radius 2 is 2.00 bits per heavy atom. The lowest BCUT2D eigenvalue weighted by Gasteiger charge is -2.20. The molecule has 1 amide bonds. The lowest BCUT2D eigenvalue weighted by molar-refractivity contribution is -0.144. The number of ether oxygens (including phenoxy) is 1. The number of nitrogens with zero attached hydrogens (tertiary/aromatic N) is 4. The number of amides is 1. The first-order chi connectivity index (χ1) is 13.4. The third-order valence-electron chi connectivity index (χ3n) is 4.85. The summed E-state index contributed by atoms with van der Waals surface area (Å²) in [6.07, 6.45) is 0.672. The maximum absolute atomic E-state index is 12.5. The van der Waals surface area contributed by atoms with Crippen molar-refractivity contribution in [1.82, 2.24) is 19.5 Å². The molecule has 0 aliphatic carbocycles. The number of benzene rings is 1. The van der Waals surface area contributed by atoms with Crippen LogP contribution in [0.5, 0.6) is 0 Å². The molecule has 3 aromatic rings. The maximum atomic E-state index is 12.5. The van der Waals surface area contributed by atoms with Gasteiger partial charge in [0.2, 0.25) is 5.91 Å². The number of fused-ring (bicyclic) bond motifs is 3. The van der Waals surface area contributed by atoms with Gasteiger partial charge in [0.15, 0.2) is 5.65 Å². The predicted molar refractivity (Wildman–Crippen MR) is 104 cm³/mol. The van der Waals surface area contributed by atoms with Crippen LogP contribution in [0.25, 0.3) is 16.6 Å². The van der Waals surface area contributed by atoms with E-state index in [1.165, 1.54) is 12.0 Å². The van der Waals surface area contributed by atoms with E-state index < -0.39 is 5.97 Å². The Kier molecular flexibility index (Phi) is 5.89. The number of hydrogen-bond acceptors (Lipinski definition) is 5. The molecule has 0 spiro atoms. The van der Waals surface area contributed by atoms with E-state index in [2.05, 4.69) is 5.10 Å². The number of rotatable bonds is 8. The molecule has 3 rings (SSSR count). The van der Waals surface area contributed by atoms with E-state index in [1.54, 1.807) is 0 Å². The van der Waals surface area contributed by atoms with Crippen LogP contribution in [-0.2, 0) is 20.7 Å². The number of aryl methyl sites for hydroxylation is 2. The SMILES string of the molecule is COCCN(CC(=O)O)C(=O)CCc1c(C)nc2c3ccccc3nn2c1C. The Labute approximate surface area is 162 Å². The van der Waals surface area contributed by atoms with Crippen molar-refractivity contribution in [1.29, 1.82) is 0 Å². The van der Waals surface area contributed by atoms with Gasteiger partial charge in [-0.3, -0.25) is 9.59 Å². The zero-order valence-electron chi connectivity index (χ0n) is 16.3. The van der Waals surface area contributed by atoms with Crippen LogP contribution in [0.1, 0.15) is 23.4 Å². The lowest BCUT2D eigenvalue weighted by Crippen LogP contribution is -2.38. The van der Waals surface area contributed by atoms with Gasteiger partial charge in [0.05, 0.1) is 12.1 Å². The molecule has 28 heavy (non-hydrogen) atoms. The average Bonchev–Trinajstić information content (AvgIpc) is 3.03. The molecule has 8 nitrogen and oxygen atoms in total. The summed E-state index contributed by atoms with van der Waals surface area (Å²) in [4.78, 5) is 29.6. The molecule has 0 radical (unpaired) electrons. The minimum Gasteiger partial charge on any atom is -0.480 e. The van der Waals surface area contributed by atoms with Gasteiger partial charge in [0.1, 0.15) is 6.54 Å². The third kappa shape index (κ3) is 3.96. The molecule has 1 aromatic carbocycles. The number of carboxylic acids is 1. The topological polar surface area (TPSA) is 97.0 Å². The molecule has 0 saturated heterocycles. The monoisotopic (exact) mass is 384 g/mol. The minimum atomic E-state index is -1.04. The van der Waals surface area contributed by atoms with Crippen LogP contribution in [0.15, 0.2) is 24.3 Å². The Balaban J connectivity index is 1.84. The number of aliphatic carboxylic acids is 1. The largest absolute Gasteiger partial charge is 0.480 e. The standard InChI is InChI=1S/C20H24N4O4/c1-13-15(8-9-18(25)23(10-11-28-3)12-19(26)27)14(2)24-20(21-13)16-6-4-5-7-17(16)22-24/h4-7H,8-12H2,1-3H3,(H,26,27). The van der Waals surface area contributed by atoms with E-state index in [1.807, 2.05) is 42.6 Å². The first kappa shape index (κ1) is 19.8. The van der Waals surface area contributed by atoms with Gasteiger partial charge >= 0.3 is 5.97 Å². The highest BCUT2D eigenvalue weighted by Crippen LogP contribution is 2.23. The molecular weight excluding hydrogens is 360 g/mol. The predicted octanol–water partition coefficient (Wildman–Crippen LogP) is 1.99. The van der Waals surface area contributed by atoms with E-state index in [-0.39, 0.29) is 25.4 Å². The first-order valence-corrected chi connectivity index (χ1v) is 9.14. The molecule has 1 N–H and O–H groups in total. The van der Waals surface area contributed by atoms with Crippen molar-refractivity contribution in [2.24, 2.45) is 0 Å². The summed E-state index contributed by atoms with van der Waals surface area (Å²) in [5, 5.41) is 14.6. The molecule has 0 aliphatic rings. The third-order valence-corrected chi connectivity index (χ3v) is 4.85. The molecule has 0 saturated carbocycles. The van der Waals surface area contributed by atoms with E-state index in [9.17, 15) is 9.59 Å². The number of methoxy groups -OCH3 is 1. The Morgan fingerprint density at radius 1 is 1.25 bits per heavy atom. The van der Waals surface area contributed by atoms with Crippen molar-refractivity contribution < 1.29 is 19.4 Å². The fourth-order valence-corrected chi connectivity index (χ4v) is 3.39. The summed E-state index contributed by atoms with van der Waals surface area (Å²) in [6, 6.07) is 7.83. The molecule has 2 heterocycles. The number of carboxylic acid groups (broad SMARTS) is 1. The van der Waals surface area contributed by atoms with Crippen LogP contribution in [0, 0.1) is 13.8 Å². The summed E-state index contributed by atoms with van der Waals surface area (Å²) >= 11 is 0. The molecule has 148 valence electrons. The second kappa shape index (κ2) is 8.35. The molecular formula is C20H24N4O4. The maximum Gasteiger partial charge on any atom is 0.323 e. The molecule has 2 aromatic heterocycles. The number of hydrogen-bond donors (Lipinski definition) is 1. The zero-order valence-corrected chi connectivity index (χ0v) is 16.3. The summed E-state index contributed by atoms with van der Waals surface area (Å²) in [7, 11) is 1.52. The van der Waals surface area contributed by atoms with E-state index in [0.717, 1.165) is 33.5 Å². The molecule has 0 aliphatic heterocycles. The van der Waals surface area contributed by atoms with Crippen molar-refractivity contribution in [2.45, 2.75) is 26.7 Å². The number of carbonyl (C=O) groups is 2. The second-order valence-corrected chi connectivity index (χ2v) is 6.72. The van der Waals surface area contributed by atoms with Gasteiger partial charge in [-0.25, -0.2) is 9.50 Å². The van der Waals surface area contributed by atoms with Crippen LogP contribution in [0.4, 0.5) is 0 Å². The second-order valence-electron chi connectivity index (χ2n) is 6.72. The lowest BCUT2D eigenvalue weighted by atomic mass is 10.1. The van der Waals surface area contributed by atoms with Gasteiger partial charge in [-0.15, -0.1) is 0 Å². The fourth-order valence-electron chi connectivity index (χ4n) is 3.39. The van der Waals surface area contributed by atoms with Gasteiger partial charge in [0, 0.05) is 36.8 Å². The highest BCUT2D eigenvalue weighted by atomic mass is 16.5. The normalized spacial score (nSPS) is 11.2. The molecule has 0 bridgehead atoms. The van der Waals surface area contributed by atoms with Crippen molar-refractivity contribution in [3.05, 3.63) is 41.2 Å². The van der Waals surface area contributed by atoms with Gasteiger partial charge < -0.3 is 14.7 Å². The highest BCUT2D eigenvalue weighted by molar-refractivity contribution is 5.92. The molecule has 0 fully saturated rings. The van der Waals surface area contributed by atoms with Crippen molar-refractivity contribution in [3.63, 3.8) is 0 Å². The molecule has 8 heteroatoms. The van der Waals surface area contributed by atoms with Crippen LogP contribution in [0.3, 0.4) is 0 Å². The summed E-state index contributed by atoms with van der Waals surface area (Å²) in [6.45, 7) is 4.11. The van der Waals surface area contributed by atoms with Crippen molar-refractivity contribution >= 4 is 28.4 Å². The van der Waals surface area contributed by atoms with Gasteiger partial charge in [0.25, 0.3) is 0 Å². The highest BCUT2D eigenvalue weighted by Gasteiger charge is 2.19. The van der Waals surface area contributed by atoms with E-state index in [4.69, 9.17) is 14.8 Å². The fraction of sp³-hybridized carbons (Fsp3) is 0.400. The van der Waals surface area contributed by atoms with E-state index in [0.29, 0.717) is 13.0 Å². The van der Waals surface area contributed by atoms with Gasteiger partial charge in [-0.1, -0.05) is 12.1 Å². The number of carbonyl (C=O) groups excluding carboxylic acids is 1. The van der Waals surface area contributed by atoms with Gasteiger partial charge in [-0.2, -0.15) is 5.10 Å². The summed E-state index contributed by atoms with van der Waals surface area (Å²) in [5.74, 6) is -1.26. The van der Waals surface area contributed by atoms with Gasteiger partial charge in [-0.05, 0) is 38.0 Å². The smallest absolute Gasteiger partial charge is 0.323 e. The van der Waals surface area contributed by atoms with Crippen LogP contribution < -0.4 is 0 Å². The van der Waals surface area contributed by atoms with Crippen LogP contribution in [0.2, 0.25) is 0 Å². The van der Waals surface area contributed by atoms with Crippen LogP contribution in [-0.4, -0.2) is 63.3 Å². The Bertz CT molecular complexity index is 1030. The molecule has 0 atom stereocenters. The van der Waals surface area contributed by atoms with E-state index >= 15 is 0 Å². The quantitative estimate of drug-likeness (QED) is 0.638. The summed E-state index contributed by atoms with van der Waals surface area (Å²) < 4.78 is 6.79. The Hall–Kier alpha value is -3.00. The average molecular weight is 384 g/mol. The zero-order chi connectivity index (χ0) is 20.3. The van der Waals surface area contributed by atoms with Crippen molar-refractivity contribution in [2.75, 3.05) is 26.8 Å².